The number of carbonyl (C=O) groups is 2. The standard InChI is InChI=1S/C16H9Cl2NO3/c17-9-6-10-12(11(18)7-9)19-15(21)16(10)14(22-16)13(20)8-4-2-1-3-5-8/h1-7,14H,(H,19,21)/t14-,16-/m1/s1. The molecule has 4 rings (SSSR count). The van der Waals surface area contributed by atoms with E-state index >= 15 is 0 Å². The van der Waals surface area contributed by atoms with E-state index in [0.29, 0.717) is 26.9 Å². The van der Waals surface area contributed by atoms with E-state index in [2.05, 4.69) is 5.32 Å². The molecule has 0 aliphatic carbocycles. The number of epoxide rings is 1. The molecular weight excluding hydrogens is 325 g/mol. The van der Waals surface area contributed by atoms with Gasteiger partial charge in [-0.2, -0.15) is 0 Å². The molecule has 0 aromatic heterocycles. The number of halogens is 2. The molecule has 22 heavy (non-hydrogen) atoms. The van der Waals surface area contributed by atoms with Crippen molar-refractivity contribution in [2.45, 2.75) is 11.7 Å². The summed E-state index contributed by atoms with van der Waals surface area (Å²) in [6, 6.07) is 11.9. The largest absolute Gasteiger partial charge is 0.342 e. The van der Waals surface area contributed by atoms with Gasteiger partial charge in [-0.15, -0.1) is 0 Å². The molecule has 1 N–H and O–H groups in total. The third kappa shape index (κ3) is 1.75. The fraction of sp³-hybridized carbons (Fsp3) is 0.125. The molecule has 4 nitrogen and oxygen atoms in total. The zero-order valence-electron chi connectivity index (χ0n) is 11.1. The van der Waals surface area contributed by atoms with Crippen LogP contribution in [0, 0.1) is 0 Å². The van der Waals surface area contributed by atoms with Crippen LogP contribution in [-0.4, -0.2) is 17.8 Å². The summed E-state index contributed by atoms with van der Waals surface area (Å²) in [5.41, 5.74) is 0.166. The van der Waals surface area contributed by atoms with E-state index in [4.69, 9.17) is 27.9 Å². The van der Waals surface area contributed by atoms with E-state index in [0.717, 1.165) is 0 Å². The molecule has 2 atom stereocenters. The molecule has 2 aromatic carbocycles. The van der Waals surface area contributed by atoms with E-state index < -0.39 is 11.7 Å². The Morgan fingerprint density at radius 1 is 1.18 bits per heavy atom. The highest BCUT2D eigenvalue weighted by Gasteiger charge is 2.70. The van der Waals surface area contributed by atoms with Gasteiger partial charge in [0, 0.05) is 16.1 Å². The second kappa shape index (κ2) is 4.56. The highest BCUT2D eigenvalue weighted by Crippen LogP contribution is 2.56. The average molecular weight is 334 g/mol. The molecule has 110 valence electrons. The van der Waals surface area contributed by atoms with E-state index in [1.807, 2.05) is 6.07 Å². The van der Waals surface area contributed by atoms with Gasteiger partial charge in [-0.25, -0.2) is 0 Å². The molecule has 1 fully saturated rings. The SMILES string of the molecule is O=C(c1ccccc1)[C@H]1O[C@@]12C(=O)Nc1c(Cl)cc(Cl)cc12. The van der Waals surface area contributed by atoms with Crippen molar-refractivity contribution in [1.82, 2.24) is 0 Å². The summed E-state index contributed by atoms with van der Waals surface area (Å²) in [5, 5.41) is 3.39. The summed E-state index contributed by atoms with van der Waals surface area (Å²) in [6.45, 7) is 0. The van der Waals surface area contributed by atoms with Crippen molar-refractivity contribution >= 4 is 40.6 Å². The lowest BCUT2D eigenvalue weighted by Gasteiger charge is -2.05. The van der Waals surface area contributed by atoms with Crippen molar-refractivity contribution in [3.63, 3.8) is 0 Å². The second-order valence-electron chi connectivity index (χ2n) is 5.23. The highest BCUT2D eigenvalue weighted by molar-refractivity contribution is 6.38. The maximum atomic E-state index is 12.5. The van der Waals surface area contributed by atoms with Gasteiger partial charge in [0.15, 0.2) is 11.9 Å². The number of carbonyl (C=O) groups excluding carboxylic acids is 2. The number of amides is 1. The lowest BCUT2D eigenvalue weighted by atomic mass is 9.92. The van der Waals surface area contributed by atoms with Crippen LogP contribution in [0.5, 0.6) is 0 Å². The minimum Gasteiger partial charge on any atom is -0.342 e. The molecule has 0 saturated carbocycles. The van der Waals surface area contributed by atoms with Crippen molar-refractivity contribution in [2.24, 2.45) is 0 Å². The third-order valence-corrected chi connectivity index (χ3v) is 4.46. The Hall–Kier alpha value is -1.88. The molecular formula is C16H9Cl2NO3. The van der Waals surface area contributed by atoms with Crippen LogP contribution in [0.25, 0.3) is 0 Å². The lowest BCUT2D eigenvalue weighted by molar-refractivity contribution is -0.120. The molecule has 1 spiro atoms. The van der Waals surface area contributed by atoms with Crippen LogP contribution < -0.4 is 5.32 Å². The lowest BCUT2D eigenvalue weighted by Crippen LogP contribution is -2.27. The molecule has 0 radical (unpaired) electrons. The number of nitrogens with one attached hydrogen (secondary N) is 1. The number of anilines is 1. The summed E-state index contributed by atoms with van der Waals surface area (Å²) >= 11 is 12.1. The van der Waals surface area contributed by atoms with Gasteiger partial charge in [0.25, 0.3) is 5.91 Å². The molecule has 2 aliphatic rings. The first-order valence-electron chi connectivity index (χ1n) is 6.62. The van der Waals surface area contributed by atoms with Crippen molar-refractivity contribution in [1.29, 1.82) is 0 Å². The first-order valence-corrected chi connectivity index (χ1v) is 7.37. The number of rotatable bonds is 2. The fourth-order valence-electron chi connectivity index (χ4n) is 2.84. The van der Waals surface area contributed by atoms with Gasteiger partial charge in [-0.1, -0.05) is 53.5 Å². The summed E-state index contributed by atoms with van der Waals surface area (Å²) in [5.74, 6) is -0.624. The van der Waals surface area contributed by atoms with E-state index in [1.54, 1.807) is 30.3 Å². The van der Waals surface area contributed by atoms with Crippen molar-refractivity contribution in [3.8, 4) is 0 Å². The molecule has 2 heterocycles. The Balaban J connectivity index is 1.77. The molecule has 2 aromatic rings. The van der Waals surface area contributed by atoms with Gasteiger partial charge in [0.05, 0.1) is 10.7 Å². The predicted molar refractivity (Wildman–Crippen MR) is 82.4 cm³/mol. The van der Waals surface area contributed by atoms with E-state index in [1.165, 1.54) is 6.07 Å². The number of ketones is 1. The zero-order chi connectivity index (χ0) is 15.5. The van der Waals surface area contributed by atoms with E-state index in [9.17, 15) is 9.59 Å². The summed E-state index contributed by atoms with van der Waals surface area (Å²) < 4.78 is 5.55. The number of hydrogen-bond donors (Lipinski definition) is 1. The van der Waals surface area contributed by atoms with Crippen LogP contribution in [0.1, 0.15) is 15.9 Å². The minimum atomic E-state index is -1.31. The van der Waals surface area contributed by atoms with Crippen LogP contribution in [-0.2, 0) is 15.1 Å². The summed E-state index contributed by atoms with van der Waals surface area (Å²) in [7, 11) is 0. The van der Waals surface area contributed by atoms with Crippen LogP contribution in [0.3, 0.4) is 0 Å². The Labute approximate surface area is 136 Å². The van der Waals surface area contributed by atoms with Gasteiger partial charge in [-0.3, -0.25) is 9.59 Å². The topological polar surface area (TPSA) is 58.7 Å². The zero-order valence-corrected chi connectivity index (χ0v) is 12.6. The molecule has 0 bridgehead atoms. The van der Waals surface area contributed by atoms with Gasteiger partial charge in [0.1, 0.15) is 0 Å². The molecule has 0 unspecified atom stereocenters. The minimum absolute atomic E-state index is 0.236. The van der Waals surface area contributed by atoms with Crippen molar-refractivity contribution in [2.75, 3.05) is 5.32 Å². The maximum Gasteiger partial charge on any atom is 0.264 e. The molecule has 1 saturated heterocycles. The van der Waals surface area contributed by atoms with Gasteiger partial charge in [-0.05, 0) is 12.1 Å². The van der Waals surface area contributed by atoms with Crippen LogP contribution in [0.4, 0.5) is 5.69 Å². The number of Topliss-reactive ketones (excluding diaryl/α,β-unsaturated/α-hetero) is 1. The quantitative estimate of drug-likeness (QED) is 0.676. The van der Waals surface area contributed by atoms with Crippen LogP contribution in [0.15, 0.2) is 42.5 Å². The highest BCUT2D eigenvalue weighted by atomic mass is 35.5. The first-order chi connectivity index (χ1) is 10.5. The Bertz CT molecular complexity index is 822. The normalized spacial score (nSPS) is 25.0. The Morgan fingerprint density at radius 3 is 2.64 bits per heavy atom. The van der Waals surface area contributed by atoms with Gasteiger partial charge < -0.3 is 10.1 Å². The number of benzene rings is 2. The summed E-state index contributed by atoms with van der Waals surface area (Å²) in [6.07, 6.45) is -0.856. The third-order valence-electron chi connectivity index (χ3n) is 3.94. The van der Waals surface area contributed by atoms with Gasteiger partial charge >= 0.3 is 0 Å². The summed E-state index contributed by atoms with van der Waals surface area (Å²) in [4.78, 5) is 24.9. The maximum absolute atomic E-state index is 12.5. The second-order valence-corrected chi connectivity index (χ2v) is 6.07. The fourth-order valence-corrected chi connectivity index (χ4v) is 3.38. The number of hydrogen-bond acceptors (Lipinski definition) is 3. The average Bonchev–Trinajstić information content (AvgIpc) is 3.20. The molecule has 1 amide bonds. The van der Waals surface area contributed by atoms with E-state index in [-0.39, 0.29) is 11.7 Å². The number of fused-ring (bicyclic) bond motifs is 2. The van der Waals surface area contributed by atoms with Crippen LogP contribution >= 0.6 is 23.2 Å². The van der Waals surface area contributed by atoms with Crippen molar-refractivity contribution < 1.29 is 14.3 Å². The Kier molecular flexibility index (Phi) is 2.85. The first kappa shape index (κ1) is 13.8. The smallest absolute Gasteiger partial charge is 0.264 e. The van der Waals surface area contributed by atoms with Crippen molar-refractivity contribution in [3.05, 3.63) is 63.6 Å². The van der Waals surface area contributed by atoms with Gasteiger partial charge in [0.2, 0.25) is 5.60 Å². The molecule has 2 aliphatic heterocycles. The van der Waals surface area contributed by atoms with Crippen LogP contribution in [0.2, 0.25) is 10.0 Å². The molecule has 6 heteroatoms. The number of ether oxygens (including phenoxy) is 1. The Morgan fingerprint density at radius 2 is 1.91 bits per heavy atom. The monoisotopic (exact) mass is 333 g/mol. The predicted octanol–water partition coefficient (Wildman–Crippen LogP) is 3.42.